The van der Waals surface area contributed by atoms with Gasteiger partial charge in [-0.2, -0.15) is 0 Å². The van der Waals surface area contributed by atoms with Crippen LogP contribution in [-0.2, 0) is 0 Å². The van der Waals surface area contributed by atoms with Crippen molar-refractivity contribution in [3.63, 3.8) is 0 Å². The smallest absolute Gasteiger partial charge is 0.223 e. The molecule has 5 heteroatoms. The zero-order valence-electron chi connectivity index (χ0n) is 14.5. The molecule has 1 aromatic heterocycles. The molecule has 1 heterocycles. The Hall–Kier alpha value is -2.30. The fourth-order valence-electron chi connectivity index (χ4n) is 2.04. The number of hydrogen-bond acceptors (Lipinski definition) is 5. The predicted molar refractivity (Wildman–Crippen MR) is 93.1 cm³/mol. The van der Waals surface area contributed by atoms with E-state index in [4.69, 9.17) is 9.47 Å². The van der Waals surface area contributed by atoms with Gasteiger partial charge in [-0.05, 0) is 36.1 Å². The molecule has 0 atom stereocenters. The number of ether oxygens (including phenoxy) is 2. The van der Waals surface area contributed by atoms with Gasteiger partial charge in [-0.1, -0.05) is 20.8 Å². The monoisotopic (exact) mass is 315 g/mol. The van der Waals surface area contributed by atoms with Crippen LogP contribution in [0.3, 0.4) is 0 Å². The lowest BCUT2D eigenvalue weighted by Crippen LogP contribution is -2.22. The van der Waals surface area contributed by atoms with E-state index < -0.39 is 0 Å². The molecule has 1 aromatic carbocycles. The van der Waals surface area contributed by atoms with Gasteiger partial charge in [0, 0.05) is 18.3 Å². The van der Waals surface area contributed by atoms with E-state index in [1.165, 1.54) is 0 Å². The number of hydrogen-bond donors (Lipinski definition) is 1. The molecule has 0 spiro atoms. The highest BCUT2D eigenvalue weighted by Crippen LogP contribution is 2.31. The first-order chi connectivity index (χ1) is 11.0. The lowest BCUT2D eigenvalue weighted by Gasteiger charge is -2.22. The number of nitrogens with one attached hydrogen (secondary N) is 1. The molecule has 0 fully saturated rings. The third-order valence-electron chi connectivity index (χ3n) is 4.02. The summed E-state index contributed by atoms with van der Waals surface area (Å²) in [5.41, 5.74) is 2.02. The van der Waals surface area contributed by atoms with E-state index in [1.54, 1.807) is 20.4 Å². The maximum Gasteiger partial charge on any atom is 0.223 e. The first-order valence-electron chi connectivity index (χ1n) is 7.78. The topological polar surface area (TPSA) is 56.3 Å². The van der Waals surface area contributed by atoms with Crippen LogP contribution in [0.15, 0.2) is 30.5 Å². The Morgan fingerprint density at radius 2 is 1.83 bits per heavy atom. The lowest BCUT2D eigenvalue weighted by atomic mass is 9.90. The average Bonchev–Trinajstić information content (AvgIpc) is 2.59. The largest absolute Gasteiger partial charge is 0.493 e. The average molecular weight is 315 g/mol. The van der Waals surface area contributed by atoms with Crippen molar-refractivity contribution in [1.29, 1.82) is 0 Å². The van der Waals surface area contributed by atoms with Gasteiger partial charge < -0.3 is 14.8 Å². The summed E-state index contributed by atoms with van der Waals surface area (Å²) in [7, 11) is 3.25. The molecule has 5 nitrogen and oxygen atoms in total. The summed E-state index contributed by atoms with van der Waals surface area (Å²) in [6.45, 7) is 7.46. The molecule has 0 saturated carbocycles. The molecule has 0 saturated heterocycles. The highest BCUT2D eigenvalue weighted by atomic mass is 16.5. The van der Waals surface area contributed by atoms with Gasteiger partial charge in [0.1, 0.15) is 0 Å². The Labute approximate surface area is 138 Å². The Morgan fingerprint density at radius 3 is 2.48 bits per heavy atom. The minimum Gasteiger partial charge on any atom is -0.493 e. The molecule has 0 aliphatic rings. The van der Waals surface area contributed by atoms with E-state index in [0.717, 1.165) is 24.2 Å². The normalized spacial score (nSPS) is 11.2. The van der Waals surface area contributed by atoms with Crippen molar-refractivity contribution in [2.75, 3.05) is 26.1 Å². The molecule has 1 N–H and O–H groups in total. The summed E-state index contributed by atoms with van der Waals surface area (Å²) in [5.74, 6) is 2.03. The third kappa shape index (κ3) is 4.34. The Kier molecular flexibility index (Phi) is 5.42. The van der Waals surface area contributed by atoms with Crippen LogP contribution in [0.25, 0.3) is 11.3 Å². The van der Waals surface area contributed by atoms with Crippen LogP contribution in [-0.4, -0.2) is 30.7 Å². The minimum absolute atomic E-state index is 0.211. The molecule has 124 valence electrons. The first-order valence-corrected chi connectivity index (χ1v) is 7.78. The van der Waals surface area contributed by atoms with E-state index in [-0.39, 0.29) is 5.41 Å². The molecule has 0 aliphatic heterocycles. The summed E-state index contributed by atoms with van der Waals surface area (Å²) < 4.78 is 10.6. The van der Waals surface area contributed by atoms with Crippen LogP contribution < -0.4 is 14.8 Å². The maximum atomic E-state index is 5.35. The number of methoxy groups -OCH3 is 2. The summed E-state index contributed by atoms with van der Waals surface area (Å²) in [6, 6.07) is 7.64. The Bertz CT molecular complexity index is 656. The standard InChI is InChI=1S/C18H25N3O2/c1-6-18(2,3)12-20-17-19-10-9-14(21-17)13-7-8-15(22-4)16(11-13)23-5/h7-11H,6,12H2,1-5H3,(H,19,20,21). The molecule has 2 rings (SSSR count). The van der Waals surface area contributed by atoms with Crippen LogP contribution in [0.1, 0.15) is 27.2 Å². The van der Waals surface area contributed by atoms with Crippen LogP contribution in [0.2, 0.25) is 0 Å². The number of nitrogens with zero attached hydrogens (tertiary/aromatic N) is 2. The summed E-state index contributed by atoms with van der Waals surface area (Å²) in [4.78, 5) is 8.89. The van der Waals surface area contributed by atoms with Crippen molar-refractivity contribution in [3.8, 4) is 22.8 Å². The zero-order valence-corrected chi connectivity index (χ0v) is 14.5. The first kappa shape index (κ1) is 17.1. The molecule has 0 radical (unpaired) electrons. The van der Waals surface area contributed by atoms with Gasteiger partial charge in [0.15, 0.2) is 11.5 Å². The van der Waals surface area contributed by atoms with Gasteiger partial charge in [0.05, 0.1) is 19.9 Å². The van der Waals surface area contributed by atoms with E-state index in [9.17, 15) is 0 Å². The van der Waals surface area contributed by atoms with Gasteiger partial charge in [-0.15, -0.1) is 0 Å². The summed E-state index contributed by atoms with van der Waals surface area (Å²) in [6.07, 6.45) is 2.86. The predicted octanol–water partition coefficient (Wildman–Crippen LogP) is 4.01. The van der Waals surface area contributed by atoms with Crippen molar-refractivity contribution < 1.29 is 9.47 Å². The summed E-state index contributed by atoms with van der Waals surface area (Å²) in [5, 5.41) is 3.32. The number of anilines is 1. The quantitative estimate of drug-likeness (QED) is 0.836. The van der Waals surface area contributed by atoms with E-state index in [2.05, 4.69) is 36.1 Å². The van der Waals surface area contributed by atoms with Crippen molar-refractivity contribution in [2.45, 2.75) is 27.2 Å². The highest BCUT2D eigenvalue weighted by molar-refractivity contribution is 5.64. The zero-order chi connectivity index (χ0) is 16.9. The number of aromatic nitrogens is 2. The van der Waals surface area contributed by atoms with Crippen molar-refractivity contribution in [3.05, 3.63) is 30.5 Å². The van der Waals surface area contributed by atoms with E-state index >= 15 is 0 Å². The number of rotatable bonds is 7. The van der Waals surface area contributed by atoms with Crippen LogP contribution >= 0.6 is 0 Å². The van der Waals surface area contributed by atoms with Crippen LogP contribution in [0.5, 0.6) is 11.5 Å². The fourth-order valence-corrected chi connectivity index (χ4v) is 2.04. The van der Waals surface area contributed by atoms with Gasteiger partial charge in [0.2, 0.25) is 5.95 Å². The fraction of sp³-hybridized carbons (Fsp3) is 0.444. The van der Waals surface area contributed by atoms with Gasteiger partial charge in [-0.25, -0.2) is 9.97 Å². The molecular weight excluding hydrogens is 290 g/mol. The lowest BCUT2D eigenvalue weighted by molar-refractivity contribution is 0.355. The van der Waals surface area contributed by atoms with Crippen molar-refractivity contribution >= 4 is 5.95 Å². The molecule has 23 heavy (non-hydrogen) atoms. The molecular formula is C18H25N3O2. The second kappa shape index (κ2) is 7.31. The SMILES string of the molecule is CCC(C)(C)CNc1nccc(-c2ccc(OC)c(OC)c2)n1. The maximum absolute atomic E-state index is 5.35. The second-order valence-corrected chi connectivity index (χ2v) is 6.21. The number of benzene rings is 1. The third-order valence-corrected chi connectivity index (χ3v) is 4.02. The molecule has 0 bridgehead atoms. The van der Waals surface area contributed by atoms with Gasteiger partial charge in [-0.3, -0.25) is 0 Å². The van der Waals surface area contributed by atoms with Crippen molar-refractivity contribution in [2.24, 2.45) is 5.41 Å². The van der Waals surface area contributed by atoms with Gasteiger partial charge >= 0.3 is 0 Å². The molecule has 2 aromatic rings. The van der Waals surface area contributed by atoms with E-state index in [1.807, 2.05) is 24.3 Å². The van der Waals surface area contributed by atoms with Crippen molar-refractivity contribution in [1.82, 2.24) is 9.97 Å². The van der Waals surface area contributed by atoms with E-state index in [0.29, 0.717) is 17.4 Å². The molecule has 0 aliphatic carbocycles. The van der Waals surface area contributed by atoms with Crippen LogP contribution in [0, 0.1) is 5.41 Å². The van der Waals surface area contributed by atoms with Gasteiger partial charge in [0.25, 0.3) is 0 Å². The summed E-state index contributed by atoms with van der Waals surface area (Å²) >= 11 is 0. The Balaban J connectivity index is 2.22. The highest BCUT2D eigenvalue weighted by Gasteiger charge is 2.15. The minimum atomic E-state index is 0.211. The Morgan fingerprint density at radius 1 is 1.09 bits per heavy atom. The second-order valence-electron chi connectivity index (χ2n) is 6.21. The van der Waals surface area contributed by atoms with Crippen LogP contribution in [0.4, 0.5) is 5.95 Å². The molecule has 0 unspecified atom stereocenters. The molecule has 0 amide bonds.